The van der Waals surface area contributed by atoms with Crippen LogP contribution in [0.4, 0.5) is 0 Å². The number of ether oxygens (including phenoxy) is 2. The molecular weight excluding hydrogens is 348 g/mol. The van der Waals surface area contributed by atoms with Crippen LogP contribution in [0.2, 0.25) is 0 Å². The Hall–Kier alpha value is -0.540. The highest BCUT2D eigenvalue weighted by Crippen LogP contribution is 2.33. The summed E-state index contributed by atoms with van der Waals surface area (Å²) in [6.45, 7) is 1.97. The Morgan fingerprint density at radius 2 is 1.85 bits per heavy atom. The molecule has 1 aromatic rings. The van der Waals surface area contributed by atoms with Crippen LogP contribution >= 0.6 is 15.9 Å². The largest absolute Gasteiger partial charge is 0.347 e. The highest BCUT2D eigenvalue weighted by atomic mass is 79.9. The Morgan fingerprint density at radius 3 is 2.45 bits per heavy atom. The monoisotopic (exact) mass is 362 g/mol. The van der Waals surface area contributed by atoms with Crippen molar-refractivity contribution in [2.24, 2.45) is 0 Å². The molecule has 3 rings (SSSR count). The van der Waals surface area contributed by atoms with E-state index in [-0.39, 0.29) is 4.90 Å². The van der Waals surface area contributed by atoms with Gasteiger partial charge in [-0.05, 0) is 22.0 Å². The molecule has 0 saturated carbocycles. The van der Waals surface area contributed by atoms with Gasteiger partial charge in [-0.15, -0.1) is 0 Å². The van der Waals surface area contributed by atoms with E-state index in [1.165, 1.54) is 10.5 Å². The number of hydrogen-bond donors (Lipinski definition) is 0. The Morgan fingerprint density at radius 1 is 1.20 bits per heavy atom. The molecule has 0 amide bonds. The summed E-state index contributed by atoms with van der Waals surface area (Å²) in [6.07, 6.45) is 4.05. The highest BCUT2D eigenvalue weighted by Gasteiger charge is 2.42. The van der Waals surface area contributed by atoms with Gasteiger partial charge in [0.1, 0.15) is 4.90 Å². The number of halogens is 1. The van der Waals surface area contributed by atoms with Crippen molar-refractivity contribution >= 4 is 26.0 Å². The Kier molecular flexibility index (Phi) is 3.85. The second kappa shape index (κ2) is 5.34. The molecular formula is C12H15BrN2O4S. The third-order valence-electron chi connectivity index (χ3n) is 3.62. The van der Waals surface area contributed by atoms with E-state index in [1.54, 1.807) is 12.3 Å². The molecule has 2 aliphatic heterocycles. The molecule has 3 heterocycles. The van der Waals surface area contributed by atoms with Gasteiger partial charge in [-0.25, -0.2) is 8.42 Å². The zero-order valence-corrected chi connectivity index (χ0v) is 13.2. The van der Waals surface area contributed by atoms with Gasteiger partial charge in [0.2, 0.25) is 10.0 Å². The van der Waals surface area contributed by atoms with Crippen molar-refractivity contribution in [3.05, 3.63) is 22.9 Å². The minimum absolute atomic E-state index is 0.205. The molecule has 2 saturated heterocycles. The zero-order chi connectivity index (χ0) is 14.2. The zero-order valence-electron chi connectivity index (χ0n) is 10.8. The number of pyridine rings is 1. The number of sulfonamides is 1. The second-order valence-corrected chi connectivity index (χ2v) is 7.70. The lowest BCUT2D eigenvalue weighted by molar-refractivity contribution is -0.179. The Labute approximate surface area is 126 Å². The van der Waals surface area contributed by atoms with E-state index in [0.717, 1.165) is 0 Å². The highest BCUT2D eigenvalue weighted by molar-refractivity contribution is 9.10. The summed E-state index contributed by atoms with van der Waals surface area (Å²) >= 11 is 3.24. The van der Waals surface area contributed by atoms with Crippen LogP contribution in [-0.2, 0) is 19.5 Å². The van der Waals surface area contributed by atoms with Gasteiger partial charge in [0.05, 0.1) is 13.2 Å². The fourth-order valence-corrected chi connectivity index (χ4v) is 4.48. The average Bonchev–Trinajstić information content (AvgIpc) is 2.87. The van der Waals surface area contributed by atoms with Gasteiger partial charge in [0.15, 0.2) is 5.79 Å². The number of rotatable bonds is 2. The maximum absolute atomic E-state index is 12.5. The quantitative estimate of drug-likeness (QED) is 0.794. The number of hydrogen-bond acceptors (Lipinski definition) is 5. The fraction of sp³-hybridized carbons (Fsp3) is 0.583. The molecule has 0 aromatic carbocycles. The van der Waals surface area contributed by atoms with Crippen molar-refractivity contribution in [3.8, 4) is 0 Å². The van der Waals surface area contributed by atoms with Gasteiger partial charge >= 0.3 is 0 Å². The first kappa shape index (κ1) is 14.4. The number of piperidine rings is 1. The molecule has 0 bridgehead atoms. The van der Waals surface area contributed by atoms with Gasteiger partial charge in [-0.1, -0.05) is 0 Å². The van der Waals surface area contributed by atoms with Gasteiger partial charge in [-0.2, -0.15) is 4.31 Å². The van der Waals surface area contributed by atoms with Crippen molar-refractivity contribution in [1.82, 2.24) is 9.29 Å². The van der Waals surface area contributed by atoms with Crippen LogP contribution in [0.3, 0.4) is 0 Å². The first-order valence-corrected chi connectivity index (χ1v) is 8.64. The van der Waals surface area contributed by atoms with E-state index in [4.69, 9.17) is 9.47 Å². The van der Waals surface area contributed by atoms with Crippen molar-refractivity contribution in [2.75, 3.05) is 26.3 Å². The van der Waals surface area contributed by atoms with E-state index in [9.17, 15) is 8.42 Å². The molecule has 20 heavy (non-hydrogen) atoms. The van der Waals surface area contributed by atoms with Gasteiger partial charge < -0.3 is 9.47 Å². The van der Waals surface area contributed by atoms with Crippen molar-refractivity contribution in [2.45, 2.75) is 23.5 Å². The minimum Gasteiger partial charge on any atom is -0.347 e. The van der Waals surface area contributed by atoms with Crippen molar-refractivity contribution in [1.29, 1.82) is 0 Å². The van der Waals surface area contributed by atoms with Gasteiger partial charge in [-0.3, -0.25) is 4.98 Å². The molecule has 0 aliphatic carbocycles. The minimum atomic E-state index is -3.50. The second-order valence-electron chi connectivity index (χ2n) is 4.85. The van der Waals surface area contributed by atoms with Crippen molar-refractivity contribution < 1.29 is 17.9 Å². The molecule has 8 heteroatoms. The van der Waals surface area contributed by atoms with Gasteiger partial charge in [0.25, 0.3) is 0 Å². The van der Waals surface area contributed by atoms with E-state index in [0.29, 0.717) is 43.6 Å². The molecule has 0 unspecified atom stereocenters. The summed E-state index contributed by atoms with van der Waals surface area (Å²) in [5.41, 5.74) is 0. The molecule has 1 aromatic heterocycles. The predicted octanol–water partition coefficient (Wildman–Crippen LogP) is 1.37. The molecule has 110 valence electrons. The van der Waals surface area contributed by atoms with Crippen LogP contribution in [0.1, 0.15) is 12.8 Å². The first-order chi connectivity index (χ1) is 9.52. The molecule has 1 spiro atoms. The molecule has 0 radical (unpaired) electrons. The Balaban J connectivity index is 1.77. The third-order valence-corrected chi connectivity index (χ3v) is 5.91. The maximum atomic E-state index is 12.5. The van der Waals surface area contributed by atoms with Gasteiger partial charge in [0, 0.05) is 42.8 Å². The lowest BCUT2D eigenvalue weighted by Gasteiger charge is -2.36. The molecule has 6 nitrogen and oxygen atoms in total. The topological polar surface area (TPSA) is 68.7 Å². The van der Waals surface area contributed by atoms with E-state index >= 15 is 0 Å². The summed E-state index contributed by atoms with van der Waals surface area (Å²) in [5.74, 6) is -0.568. The van der Waals surface area contributed by atoms with Crippen LogP contribution in [-0.4, -0.2) is 49.8 Å². The number of aromatic nitrogens is 1. The normalized spacial score (nSPS) is 23.2. The lowest BCUT2D eigenvalue weighted by Crippen LogP contribution is -2.47. The van der Waals surface area contributed by atoms with Crippen LogP contribution in [0, 0.1) is 0 Å². The summed E-state index contributed by atoms with van der Waals surface area (Å²) in [7, 11) is -3.50. The predicted molar refractivity (Wildman–Crippen MR) is 74.6 cm³/mol. The van der Waals surface area contributed by atoms with Crippen LogP contribution in [0.25, 0.3) is 0 Å². The fourth-order valence-electron chi connectivity index (χ4n) is 2.54. The third kappa shape index (κ3) is 2.62. The maximum Gasteiger partial charge on any atom is 0.244 e. The average molecular weight is 363 g/mol. The summed E-state index contributed by atoms with van der Waals surface area (Å²) < 4.78 is 38.4. The molecule has 2 fully saturated rings. The molecule has 2 aliphatic rings. The van der Waals surface area contributed by atoms with E-state index < -0.39 is 15.8 Å². The van der Waals surface area contributed by atoms with E-state index in [1.807, 2.05) is 0 Å². The summed E-state index contributed by atoms with van der Waals surface area (Å²) in [5, 5.41) is 0. The smallest absolute Gasteiger partial charge is 0.244 e. The van der Waals surface area contributed by atoms with E-state index in [2.05, 4.69) is 20.9 Å². The standard InChI is InChI=1S/C12H15BrN2O4S/c13-10-7-11(9-14-8-10)20(16,17)15-3-1-12(2-4-15)18-5-6-19-12/h7-9H,1-6H2. The molecule has 0 atom stereocenters. The number of nitrogens with zero attached hydrogens (tertiary/aromatic N) is 2. The first-order valence-electron chi connectivity index (χ1n) is 6.41. The van der Waals surface area contributed by atoms with Crippen LogP contribution < -0.4 is 0 Å². The lowest BCUT2D eigenvalue weighted by atomic mass is 10.1. The van der Waals surface area contributed by atoms with Crippen LogP contribution in [0.15, 0.2) is 27.8 Å². The van der Waals surface area contributed by atoms with Crippen molar-refractivity contribution in [3.63, 3.8) is 0 Å². The SMILES string of the molecule is O=S(=O)(c1cncc(Br)c1)N1CCC2(CC1)OCCO2. The summed E-state index contributed by atoms with van der Waals surface area (Å²) in [4.78, 5) is 4.12. The molecule has 0 N–H and O–H groups in total. The Bertz CT molecular complexity index is 591. The van der Waals surface area contributed by atoms with Crippen LogP contribution in [0.5, 0.6) is 0 Å². The summed E-state index contributed by atoms with van der Waals surface area (Å²) in [6, 6.07) is 1.56.